The van der Waals surface area contributed by atoms with Crippen LogP contribution in [0.1, 0.15) is 219 Å². The van der Waals surface area contributed by atoms with Gasteiger partial charge in [0.05, 0.1) is 6.04 Å². The number of hydrogen-bond acceptors (Lipinski definition) is 16. The highest BCUT2D eigenvalue weighted by atomic mass is 16.2. The monoisotopic (exact) mass is 1320 g/mol. The Morgan fingerprint density at radius 2 is 0.398 bits per heavy atom. The minimum Gasteiger partial charge on any atom is -0.368 e. The van der Waals surface area contributed by atoms with Gasteiger partial charge in [0.15, 0.2) is 0 Å². The number of carbonyl (C=O) groups is 11. The zero-order valence-corrected chi connectivity index (χ0v) is 59.1. The number of rotatable bonds is 51. The van der Waals surface area contributed by atoms with Gasteiger partial charge in [0, 0.05) is 0 Å². The molecule has 22 N–H and O–H groups in total. The van der Waals surface area contributed by atoms with Crippen molar-refractivity contribution in [1.82, 2.24) is 53.2 Å². The third-order valence-electron chi connectivity index (χ3n) is 15.5. The van der Waals surface area contributed by atoms with E-state index in [0.29, 0.717) is 77.4 Å². The third kappa shape index (κ3) is 38.2. The van der Waals surface area contributed by atoms with Crippen LogP contribution in [0, 0.1) is 41.4 Å². The second-order valence-electron chi connectivity index (χ2n) is 28.2. The first kappa shape index (κ1) is 87.0. The van der Waals surface area contributed by atoms with Crippen LogP contribution in [0.15, 0.2) is 0 Å². The number of amides is 11. The molecule has 0 unspecified atom stereocenters. The van der Waals surface area contributed by atoms with E-state index in [4.69, 9.17) is 34.4 Å². The van der Waals surface area contributed by atoms with Crippen LogP contribution in [0.4, 0.5) is 0 Å². The van der Waals surface area contributed by atoms with E-state index in [1.54, 1.807) is 0 Å². The summed E-state index contributed by atoms with van der Waals surface area (Å²) in [6.45, 7) is 27.5. The summed E-state index contributed by atoms with van der Waals surface area (Å²) in [5, 5.41) is 28.1. The van der Waals surface area contributed by atoms with E-state index in [9.17, 15) is 52.7 Å². The number of primary amides is 1. The molecule has 0 heterocycles. The van der Waals surface area contributed by atoms with Crippen molar-refractivity contribution in [3.63, 3.8) is 0 Å². The van der Waals surface area contributed by atoms with E-state index in [1.807, 2.05) is 96.9 Å². The Morgan fingerprint density at radius 1 is 0.237 bits per heavy atom. The van der Waals surface area contributed by atoms with Crippen LogP contribution >= 0.6 is 0 Å². The van der Waals surface area contributed by atoms with Gasteiger partial charge in [0.1, 0.15) is 60.4 Å². The molecule has 0 aliphatic rings. The molecular formula is C66H128N16O11. The van der Waals surface area contributed by atoms with Crippen LogP contribution in [-0.2, 0) is 52.7 Å². The van der Waals surface area contributed by atoms with Gasteiger partial charge in [0.2, 0.25) is 65.0 Å². The fraction of sp³-hybridized carbons (Fsp3) is 0.833. The lowest BCUT2D eigenvalue weighted by molar-refractivity contribution is -0.136. The van der Waals surface area contributed by atoms with Crippen molar-refractivity contribution >= 4 is 65.0 Å². The van der Waals surface area contributed by atoms with Crippen LogP contribution < -0.4 is 87.6 Å². The molecule has 0 aliphatic heterocycles. The lowest BCUT2D eigenvalue weighted by atomic mass is 9.98. The molecule has 27 nitrogen and oxygen atoms in total. The number of nitrogens with two attached hydrogens (primary N) is 6. The molecule has 0 rings (SSSR count). The molecule has 0 fully saturated rings. The Labute approximate surface area is 556 Å². The fourth-order valence-corrected chi connectivity index (χ4v) is 10.6. The lowest BCUT2D eigenvalue weighted by Gasteiger charge is -2.30. The van der Waals surface area contributed by atoms with E-state index >= 15 is 0 Å². The molecule has 93 heavy (non-hydrogen) atoms. The van der Waals surface area contributed by atoms with Crippen molar-refractivity contribution < 1.29 is 52.7 Å². The van der Waals surface area contributed by atoms with Crippen molar-refractivity contribution in [3.8, 4) is 0 Å². The van der Waals surface area contributed by atoms with Crippen molar-refractivity contribution in [3.05, 3.63) is 0 Å². The predicted octanol–water partition coefficient (Wildman–Crippen LogP) is 1.49. The van der Waals surface area contributed by atoms with Gasteiger partial charge in [-0.3, -0.25) is 52.7 Å². The summed E-state index contributed by atoms with van der Waals surface area (Å²) in [5.41, 5.74) is 34.9. The molecule has 0 aromatic heterocycles. The van der Waals surface area contributed by atoms with E-state index in [2.05, 4.69) is 53.2 Å². The van der Waals surface area contributed by atoms with Gasteiger partial charge >= 0.3 is 0 Å². The zero-order valence-electron chi connectivity index (χ0n) is 59.1. The maximum absolute atomic E-state index is 14.6. The predicted molar refractivity (Wildman–Crippen MR) is 364 cm³/mol. The molecular weight excluding hydrogens is 1190 g/mol. The molecule has 0 saturated heterocycles. The van der Waals surface area contributed by atoms with Crippen LogP contribution in [0.5, 0.6) is 0 Å². The van der Waals surface area contributed by atoms with Crippen molar-refractivity contribution in [2.24, 2.45) is 75.8 Å². The smallest absolute Gasteiger partial charge is 0.243 e. The summed E-state index contributed by atoms with van der Waals surface area (Å²) in [4.78, 5) is 154. The zero-order chi connectivity index (χ0) is 71.1. The number of unbranched alkanes of at least 4 members (excludes halogenated alkanes) is 4. The van der Waals surface area contributed by atoms with Gasteiger partial charge in [-0.05, 0) is 183 Å². The Bertz CT molecular complexity index is 2270. The van der Waals surface area contributed by atoms with Crippen molar-refractivity contribution in [2.75, 3.05) is 26.2 Å². The van der Waals surface area contributed by atoms with Crippen molar-refractivity contribution in [2.45, 2.75) is 285 Å². The number of hydrogen-bond donors (Lipinski definition) is 16. The SMILES string of the molecule is CC(C)C[C@H](NC(=O)[C@H](CC(C)C)NC(=O)[C@H](CC(C)C)NC(=O)[C@@H](CCCCN)NC(=O)[C@H](CC(C)C)NC(=O)[C@H](CC(C)C)NC(=O)[C@@H](CCCCN)NC(=O)[C@H](CC(C)C)NC(=O)[C@H](CC(C)C)NC(=O)[C@@H](CCCCN)NC(=O)[C@H](N)CCCCN)C(N)=O. The normalized spacial score (nSPS) is 15.2. The van der Waals surface area contributed by atoms with E-state index in [1.165, 1.54) is 0 Å². The first-order chi connectivity index (χ1) is 43.6. The maximum Gasteiger partial charge on any atom is 0.243 e. The molecule has 0 bridgehead atoms. The van der Waals surface area contributed by atoms with Gasteiger partial charge < -0.3 is 87.6 Å². The van der Waals surface area contributed by atoms with Gasteiger partial charge in [0.25, 0.3) is 0 Å². The van der Waals surface area contributed by atoms with Crippen molar-refractivity contribution in [1.29, 1.82) is 0 Å². The van der Waals surface area contributed by atoms with E-state index < -0.39 is 131 Å². The van der Waals surface area contributed by atoms with Gasteiger partial charge in [-0.2, -0.15) is 0 Å². The molecule has 0 aliphatic carbocycles. The Kier molecular flexibility index (Phi) is 44.7. The molecule has 11 atom stereocenters. The van der Waals surface area contributed by atoms with Gasteiger partial charge in [-0.1, -0.05) is 103 Å². The highest BCUT2D eigenvalue weighted by Crippen LogP contribution is 2.17. The molecule has 0 saturated carbocycles. The molecule has 11 amide bonds. The minimum atomic E-state index is -1.23. The van der Waals surface area contributed by atoms with Crippen LogP contribution in [0.2, 0.25) is 0 Å². The third-order valence-corrected chi connectivity index (χ3v) is 15.5. The first-order valence-corrected chi connectivity index (χ1v) is 34.5. The largest absolute Gasteiger partial charge is 0.368 e. The van der Waals surface area contributed by atoms with Gasteiger partial charge in [-0.15, -0.1) is 0 Å². The number of nitrogens with one attached hydrogen (secondary N) is 10. The molecule has 0 aromatic rings. The number of carbonyl (C=O) groups excluding carboxylic acids is 11. The standard InChI is InChI=1S/C66H128N16O11/c1-38(2)31-49(56(72)83)76-63(90)52(34-41(7)8)82-66(93)55(37-44(13)14)79-60(87)48(26-18-22-30-70)75-62(89)51(33-40(5)6)81-65(92)54(36-43(11)12)78-59(86)47(25-17-21-29-69)74-61(88)50(32-39(3)4)80-64(91)53(35-42(9)10)77-58(85)46(24-16-20-28-68)73-57(84)45(71)23-15-19-27-67/h38-55H,15-37,67-71H2,1-14H3,(H2,72,83)(H,73,84)(H,74,88)(H,75,89)(H,76,90)(H,77,85)(H,78,86)(H,79,87)(H,80,91)(H,81,92)(H,82,93)/t45-,46-,47-,48-,49+,50+,51+,52+,53+,54+,55+/m1/s1. The molecule has 0 aromatic carbocycles. The summed E-state index contributed by atoms with van der Waals surface area (Å²) in [6, 6.07) is -12.3. The summed E-state index contributed by atoms with van der Waals surface area (Å²) in [5.74, 6) is -7.99. The second-order valence-corrected chi connectivity index (χ2v) is 28.2. The Balaban J connectivity index is 7.03. The molecule has 0 radical (unpaired) electrons. The summed E-state index contributed by atoms with van der Waals surface area (Å²) in [6.07, 6.45) is 6.18. The Hall–Kier alpha value is -6.03. The average molecular weight is 1320 g/mol. The summed E-state index contributed by atoms with van der Waals surface area (Å²) in [7, 11) is 0. The van der Waals surface area contributed by atoms with E-state index in [0.717, 1.165) is 0 Å². The molecule has 538 valence electrons. The molecule has 27 heteroatoms. The minimum absolute atomic E-state index is 0.0280. The average Bonchev–Trinajstić information content (AvgIpc) is 1.72. The second kappa shape index (κ2) is 47.8. The Morgan fingerprint density at radius 3 is 0.591 bits per heavy atom. The van der Waals surface area contributed by atoms with E-state index in [-0.39, 0.29) is 112 Å². The van der Waals surface area contributed by atoms with Crippen LogP contribution in [-0.4, -0.2) is 158 Å². The highest BCUT2D eigenvalue weighted by Gasteiger charge is 2.37. The van der Waals surface area contributed by atoms with Gasteiger partial charge in [-0.25, -0.2) is 0 Å². The lowest BCUT2D eigenvalue weighted by Crippen LogP contribution is -2.61. The highest BCUT2D eigenvalue weighted by molar-refractivity contribution is 5.99. The van der Waals surface area contributed by atoms with Crippen LogP contribution in [0.3, 0.4) is 0 Å². The summed E-state index contributed by atoms with van der Waals surface area (Å²) >= 11 is 0. The topological polar surface area (TPSA) is 464 Å². The van der Waals surface area contributed by atoms with Crippen LogP contribution in [0.25, 0.3) is 0 Å². The summed E-state index contributed by atoms with van der Waals surface area (Å²) < 4.78 is 0. The quantitative estimate of drug-likeness (QED) is 0.0384. The first-order valence-electron chi connectivity index (χ1n) is 34.5. The maximum atomic E-state index is 14.6. The fourth-order valence-electron chi connectivity index (χ4n) is 10.6. The molecule has 0 spiro atoms.